The van der Waals surface area contributed by atoms with Crippen molar-refractivity contribution in [2.45, 2.75) is 32.7 Å². The van der Waals surface area contributed by atoms with E-state index in [1.54, 1.807) is 0 Å². The molecule has 0 unspecified atom stereocenters. The second-order valence-electron chi connectivity index (χ2n) is 4.14. The van der Waals surface area contributed by atoms with Crippen LogP contribution in [-0.2, 0) is 13.6 Å². The third-order valence-corrected chi connectivity index (χ3v) is 3.33. The van der Waals surface area contributed by atoms with E-state index in [0.717, 1.165) is 18.8 Å². The van der Waals surface area contributed by atoms with Crippen LogP contribution >= 0.6 is 11.8 Å². The van der Waals surface area contributed by atoms with Crippen LogP contribution in [0.4, 0.5) is 0 Å². The molecule has 1 aromatic heterocycles. The number of unbranched alkanes of at least 4 members (excludes halogenated alkanes) is 2. The summed E-state index contributed by atoms with van der Waals surface area (Å²) in [4.78, 5) is 0. The van der Waals surface area contributed by atoms with Gasteiger partial charge in [-0.05, 0) is 38.3 Å². The minimum Gasteiger partial charge on any atom is -0.313 e. The van der Waals surface area contributed by atoms with Gasteiger partial charge in [0.25, 0.3) is 0 Å². The largest absolute Gasteiger partial charge is 0.313 e. The van der Waals surface area contributed by atoms with E-state index in [-0.39, 0.29) is 0 Å². The number of aryl methyl sites for hydroxylation is 2. The Bertz CT molecular complexity index is 296. The summed E-state index contributed by atoms with van der Waals surface area (Å²) in [6, 6.07) is 0. The topological polar surface area (TPSA) is 29.9 Å². The highest BCUT2D eigenvalue weighted by Crippen LogP contribution is 2.04. The number of hydrogen-bond acceptors (Lipinski definition) is 3. The van der Waals surface area contributed by atoms with Crippen molar-refractivity contribution < 1.29 is 0 Å². The van der Waals surface area contributed by atoms with Crippen LogP contribution in [-0.4, -0.2) is 28.3 Å². The second kappa shape index (κ2) is 7.74. The Kier molecular flexibility index (Phi) is 6.57. The zero-order chi connectivity index (χ0) is 11.8. The average molecular weight is 241 g/mol. The summed E-state index contributed by atoms with van der Waals surface area (Å²) in [7, 11) is 1.97. The van der Waals surface area contributed by atoms with Crippen molar-refractivity contribution in [2.75, 3.05) is 18.6 Å². The average Bonchev–Trinajstić information content (AvgIpc) is 2.56. The molecule has 1 aromatic rings. The molecule has 0 aliphatic heterocycles. The molecular formula is C12H23N3S. The van der Waals surface area contributed by atoms with Crippen LogP contribution in [0.15, 0.2) is 6.20 Å². The van der Waals surface area contributed by atoms with E-state index >= 15 is 0 Å². The molecule has 1 rings (SSSR count). The first-order valence-corrected chi connectivity index (χ1v) is 7.32. The Morgan fingerprint density at radius 2 is 2.19 bits per heavy atom. The van der Waals surface area contributed by atoms with Gasteiger partial charge in [0.15, 0.2) is 0 Å². The second-order valence-corrected chi connectivity index (χ2v) is 5.13. The predicted molar refractivity (Wildman–Crippen MR) is 71.9 cm³/mol. The minimum atomic E-state index is 0.947. The molecule has 0 spiro atoms. The summed E-state index contributed by atoms with van der Waals surface area (Å²) in [5, 5.41) is 7.80. The maximum absolute atomic E-state index is 4.32. The van der Waals surface area contributed by atoms with Crippen molar-refractivity contribution >= 4 is 11.8 Å². The highest BCUT2D eigenvalue weighted by molar-refractivity contribution is 7.98. The highest BCUT2D eigenvalue weighted by Gasteiger charge is 2.01. The number of thioether (sulfide) groups is 1. The van der Waals surface area contributed by atoms with E-state index in [1.807, 2.05) is 23.5 Å². The molecule has 1 N–H and O–H groups in total. The van der Waals surface area contributed by atoms with E-state index in [0.29, 0.717) is 0 Å². The number of hydrogen-bond donors (Lipinski definition) is 1. The van der Waals surface area contributed by atoms with Crippen LogP contribution in [0.3, 0.4) is 0 Å². The first-order chi connectivity index (χ1) is 7.74. The van der Waals surface area contributed by atoms with Crippen LogP contribution in [0, 0.1) is 6.92 Å². The summed E-state index contributed by atoms with van der Waals surface area (Å²) >= 11 is 1.94. The van der Waals surface area contributed by atoms with Crippen LogP contribution in [0.25, 0.3) is 0 Å². The van der Waals surface area contributed by atoms with Crippen molar-refractivity contribution in [3.8, 4) is 0 Å². The van der Waals surface area contributed by atoms with E-state index < -0.39 is 0 Å². The van der Waals surface area contributed by atoms with Crippen molar-refractivity contribution in [3.63, 3.8) is 0 Å². The Morgan fingerprint density at radius 1 is 1.38 bits per heavy atom. The predicted octanol–water partition coefficient (Wildman–Crippen LogP) is 2.35. The van der Waals surface area contributed by atoms with Gasteiger partial charge >= 0.3 is 0 Å². The van der Waals surface area contributed by atoms with Gasteiger partial charge in [0.2, 0.25) is 0 Å². The van der Waals surface area contributed by atoms with Gasteiger partial charge in [-0.3, -0.25) is 4.68 Å². The van der Waals surface area contributed by atoms with Crippen LogP contribution in [0.2, 0.25) is 0 Å². The molecule has 92 valence electrons. The first kappa shape index (κ1) is 13.6. The summed E-state index contributed by atoms with van der Waals surface area (Å²) < 4.78 is 1.88. The number of nitrogens with zero attached hydrogens (tertiary/aromatic N) is 2. The summed E-state index contributed by atoms with van der Waals surface area (Å²) in [5.74, 6) is 1.29. The Hall–Kier alpha value is -0.480. The molecule has 1 heterocycles. The molecule has 0 radical (unpaired) electrons. The maximum Gasteiger partial charge on any atom is 0.0638 e. The summed E-state index contributed by atoms with van der Waals surface area (Å²) in [6.45, 7) is 4.13. The normalized spacial score (nSPS) is 10.9. The Labute approximate surface area is 103 Å². The number of aromatic nitrogens is 2. The molecular weight excluding hydrogens is 218 g/mol. The van der Waals surface area contributed by atoms with Crippen LogP contribution < -0.4 is 5.32 Å². The fourth-order valence-corrected chi connectivity index (χ4v) is 2.21. The van der Waals surface area contributed by atoms with Crippen molar-refractivity contribution in [3.05, 3.63) is 17.5 Å². The molecule has 0 saturated carbocycles. The van der Waals surface area contributed by atoms with Gasteiger partial charge in [0, 0.05) is 25.4 Å². The first-order valence-electron chi connectivity index (χ1n) is 5.93. The quantitative estimate of drug-likeness (QED) is 0.709. The number of nitrogens with one attached hydrogen (secondary N) is 1. The summed E-state index contributed by atoms with van der Waals surface area (Å²) in [5.41, 5.74) is 2.45. The number of rotatable bonds is 8. The summed E-state index contributed by atoms with van der Waals surface area (Å²) in [6.07, 6.45) is 8.22. The standard InChI is InChI=1S/C12H23N3S/c1-11-12(10-15(2)14-11)9-13-7-5-4-6-8-16-3/h10,13H,4-9H2,1-3H3. The molecule has 16 heavy (non-hydrogen) atoms. The lowest BCUT2D eigenvalue weighted by molar-refractivity contribution is 0.617. The minimum absolute atomic E-state index is 0.947. The lowest BCUT2D eigenvalue weighted by Crippen LogP contribution is -2.14. The van der Waals surface area contributed by atoms with Gasteiger partial charge in [-0.25, -0.2) is 0 Å². The molecule has 0 aliphatic carbocycles. The smallest absolute Gasteiger partial charge is 0.0638 e. The molecule has 0 aromatic carbocycles. The molecule has 0 amide bonds. The molecule has 0 fully saturated rings. The monoisotopic (exact) mass is 241 g/mol. The van der Waals surface area contributed by atoms with Gasteiger partial charge in [-0.15, -0.1) is 0 Å². The third-order valence-electron chi connectivity index (χ3n) is 2.63. The lowest BCUT2D eigenvalue weighted by Gasteiger charge is -2.03. The van der Waals surface area contributed by atoms with Crippen LogP contribution in [0.1, 0.15) is 30.5 Å². The molecule has 4 heteroatoms. The maximum atomic E-state index is 4.32. The highest BCUT2D eigenvalue weighted by atomic mass is 32.2. The fraction of sp³-hybridized carbons (Fsp3) is 0.750. The van der Waals surface area contributed by atoms with Gasteiger partial charge in [0.1, 0.15) is 0 Å². The zero-order valence-electron chi connectivity index (χ0n) is 10.6. The zero-order valence-corrected chi connectivity index (χ0v) is 11.4. The van der Waals surface area contributed by atoms with Gasteiger partial charge in [-0.2, -0.15) is 16.9 Å². The molecule has 0 saturated heterocycles. The third kappa shape index (κ3) is 5.03. The molecule has 0 bridgehead atoms. The van der Waals surface area contributed by atoms with Crippen molar-refractivity contribution in [2.24, 2.45) is 7.05 Å². The molecule has 0 atom stereocenters. The van der Waals surface area contributed by atoms with E-state index in [1.165, 1.54) is 30.6 Å². The van der Waals surface area contributed by atoms with E-state index in [4.69, 9.17) is 0 Å². The fourth-order valence-electron chi connectivity index (χ4n) is 1.72. The molecule has 3 nitrogen and oxygen atoms in total. The van der Waals surface area contributed by atoms with E-state index in [9.17, 15) is 0 Å². The van der Waals surface area contributed by atoms with Gasteiger partial charge in [-0.1, -0.05) is 6.42 Å². The van der Waals surface area contributed by atoms with Crippen molar-refractivity contribution in [1.29, 1.82) is 0 Å². The van der Waals surface area contributed by atoms with E-state index in [2.05, 4.69) is 29.8 Å². The van der Waals surface area contributed by atoms with Gasteiger partial charge < -0.3 is 5.32 Å². The SMILES string of the molecule is CSCCCCCNCc1cn(C)nc1C. The van der Waals surface area contributed by atoms with Crippen LogP contribution in [0.5, 0.6) is 0 Å². The van der Waals surface area contributed by atoms with Crippen molar-refractivity contribution in [1.82, 2.24) is 15.1 Å². The Balaban J connectivity index is 2.05. The van der Waals surface area contributed by atoms with Gasteiger partial charge in [0.05, 0.1) is 5.69 Å². The Morgan fingerprint density at radius 3 is 2.81 bits per heavy atom. The lowest BCUT2D eigenvalue weighted by atomic mass is 10.2. The molecule has 0 aliphatic rings.